The predicted octanol–water partition coefficient (Wildman–Crippen LogP) is 3.92. The van der Waals surface area contributed by atoms with Crippen LogP contribution in [0.3, 0.4) is 0 Å². The van der Waals surface area contributed by atoms with Gasteiger partial charge in [-0.05, 0) is 56.9 Å². The lowest BCUT2D eigenvalue weighted by atomic mass is 9.72. The normalized spacial score (nSPS) is 32.1. The molecule has 3 heteroatoms. The van der Waals surface area contributed by atoms with E-state index in [1.165, 1.54) is 25.7 Å². The van der Waals surface area contributed by atoms with Crippen LogP contribution >= 0.6 is 0 Å². The maximum atomic E-state index is 11.8. The second kappa shape index (κ2) is 6.05. The Morgan fingerprint density at radius 3 is 2.45 bits per heavy atom. The molecule has 1 N–H and O–H groups in total. The van der Waals surface area contributed by atoms with Crippen LogP contribution in [0.25, 0.3) is 0 Å². The first kappa shape index (κ1) is 15.8. The monoisotopic (exact) mass is 281 g/mol. The summed E-state index contributed by atoms with van der Waals surface area (Å²) in [5.41, 5.74) is 0.0134. The lowest BCUT2D eigenvalue weighted by molar-refractivity contribution is -0.154. The van der Waals surface area contributed by atoms with Crippen molar-refractivity contribution in [2.45, 2.75) is 78.2 Å². The molecule has 0 amide bonds. The lowest BCUT2D eigenvalue weighted by Crippen LogP contribution is -2.52. The molecule has 116 valence electrons. The summed E-state index contributed by atoms with van der Waals surface area (Å²) in [5.74, 6) is -0.569. The molecule has 1 unspecified atom stereocenters. The molecule has 2 fully saturated rings. The zero-order valence-electron chi connectivity index (χ0n) is 13.5. The SMILES string of the molecule is CCCC1(C(=O)O)CCCN(C2CCC(C)(C)CC2)C1. The number of carbonyl (C=O) groups is 1. The van der Waals surface area contributed by atoms with Crippen LogP contribution in [0.2, 0.25) is 0 Å². The molecular weight excluding hydrogens is 250 g/mol. The summed E-state index contributed by atoms with van der Waals surface area (Å²) in [5, 5.41) is 9.69. The van der Waals surface area contributed by atoms with Crippen molar-refractivity contribution >= 4 is 5.97 Å². The van der Waals surface area contributed by atoms with E-state index in [0.717, 1.165) is 38.8 Å². The van der Waals surface area contributed by atoms with Crippen molar-refractivity contribution in [2.24, 2.45) is 10.8 Å². The Morgan fingerprint density at radius 2 is 1.90 bits per heavy atom. The Hall–Kier alpha value is -0.570. The zero-order valence-corrected chi connectivity index (χ0v) is 13.5. The molecule has 0 aromatic rings. The van der Waals surface area contributed by atoms with Crippen molar-refractivity contribution in [1.82, 2.24) is 4.90 Å². The molecule has 0 spiro atoms. The number of aliphatic carboxylic acids is 1. The van der Waals surface area contributed by atoms with Gasteiger partial charge in [-0.25, -0.2) is 0 Å². The third kappa shape index (κ3) is 3.36. The largest absolute Gasteiger partial charge is 0.481 e. The van der Waals surface area contributed by atoms with Gasteiger partial charge in [-0.3, -0.25) is 9.69 Å². The highest BCUT2D eigenvalue weighted by molar-refractivity contribution is 5.75. The van der Waals surface area contributed by atoms with Crippen LogP contribution < -0.4 is 0 Å². The minimum absolute atomic E-state index is 0.472. The standard InChI is InChI=1S/C17H31NO2/c1-4-8-17(15(19)20)9-5-12-18(13-17)14-6-10-16(2,3)11-7-14/h14H,4-13H2,1-3H3,(H,19,20). The first-order valence-corrected chi connectivity index (χ1v) is 8.36. The fourth-order valence-electron chi connectivity index (χ4n) is 4.19. The smallest absolute Gasteiger partial charge is 0.310 e. The second-order valence-corrected chi connectivity index (χ2v) is 7.80. The van der Waals surface area contributed by atoms with Crippen LogP contribution in [-0.2, 0) is 4.79 Å². The van der Waals surface area contributed by atoms with Gasteiger partial charge in [0.15, 0.2) is 0 Å². The van der Waals surface area contributed by atoms with Crippen LogP contribution in [-0.4, -0.2) is 35.1 Å². The molecule has 0 aromatic carbocycles. The zero-order chi connectivity index (χ0) is 14.8. The molecule has 2 rings (SSSR count). The quantitative estimate of drug-likeness (QED) is 0.849. The Kier molecular flexibility index (Phi) is 4.78. The van der Waals surface area contributed by atoms with Crippen molar-refractivity contribution in [2.75, 3.05) is 13.1 Å². The van der Waals surface area contributed by atoms with Crippen molar-refractivity contribution in [3.05, 3.63) is 0 Å². The van der Waals surface area contributed by atoms with Crippen LogP contribution in [0.5, 0.6) is 0 Å². The van der Waals surface area contributed by atoms with Crippen LogP contribution in [0.15, 0.2) is 0 Å². The van der Waals surface area contributed by atoms with Gasteiger partial charge in [0.2, 0.25) is 0 Å². The minimum Gasteiger partial charge on any atom is -0.481 e. The molecule has 1 aliphatic carbocycles. The van der Waals surface area contributed by atoms with E-state index in [1.54, 1.807) is 0 Å². The molecule has 0 bridgehead atoms. The average molecular weight is 281 g/mol. The minimum atomic E-state index is -0.569. The maximum Gasteiger partial charge on any atom is 0.310 e. The Labute approximate surface area is 123 Å². The summed E-state index contributed by atoms with van der Waals surface area (Å²) in [6.07, 6.45) is 8.76. The van der Waals surface area contributed by atoms with E-state index >= 15 is 0 Å². The average Bonchev–Trinajstić information content (AvgIpc) is 2.39. The highest BCUT2D eigenvalue weighted by Crippen LogP contribution is 2.41. The molecule has 3 nitrogen and oxygen atoms in total. The molecule has 1 saturated heterocycles. The van der Waals surface area contributed by atoms with Crippen LogP contribution in [0, 0.1) is 10.8 Å². The van der Waals surface area contributed by atoms with Crippen LogP contribution in [0.1, 0.15) is 72.1 Å². The highest BCUT2D eigenvalue weighted by atomic mass is 16.4. The fraction of sp³-hybridized carbons (Fsp3) is 0.941. The van der Waals surface area contributed by atoms with E-state index in [-0.39, 0.29) is 0 Å². The first-order chi connectivity index (χ1) is 9.38. The number of hydrogen-bond acceptors (Lipinski definition) is 2. The van der Waals surface area contributed by atoms with E-state index in [1.807, 2.05) is 0 Å². The topological polar surface area (TPSA) is 40.5 Å². The summed E-state index contributed by atoms with van der Waals surface area (Å²) < 4.78 is 0. The molecular formula is C17H31NO2. The van der Waals surface area contributed by atoms with Gasteiger partial charge in [0.1, 0.15) is 0 Å². The predicted molar refractivity (Wildman–Crippen MR) is 81.8 cm³/mol. The van der Waals surface area contributed by atoms with Crippen molar-refractivity contribution in [3.63, 3.8) is 0 Å². The Balaban J connectivity index is 2.01. The summed E-state index contributed by atoms with van der Waals surface area (Å²) in [6.45, 7) is 8.70. The number of hydrogen-bond donors (Lipinski definition) is 1. The second-order valence-electron chi connectivity index (χ2n) is 7.80. The third-order valence-electron chi connectivity index (χ3n) is 5.61. The van der Waals surface area contributed by atoms with Crippen molar-refractivity contribution in [3.8, 4) is 0 Å². The van der Waals surface area contributed by atoms with Gasteiger partial charge in [0, 0.05) is 12.6 Å². The summed E-state index contributed by atoms with van der Waals surface area (Å²) in [7, 11) is 0. The molecule has 2 aliphatic rings. The number of nitrogens with zero attached hydrogens (tertiary/aromatic N) is 1. The Bertz CT molecular complexity index is 339. The Morgan fingerprint density at radius 1 is 1.25 bits per heavy atom. The fourth-order valence-corrected chi connectivity index (χ4v) is 4.19. The third-order valence-corrected chi connectivity index (χ3v) is 5.61. The molecule has 1 atom stereocenters. The van der Waals surface area contributed by atoms with Gasteiger partial charge in [0.25, 0.3) is 0 Å². The molecule has 0 aromatic heterocycles. The number of rotatable bonds is 4. The summed E-state index contributed by atoms with van der Waals surface area (Å²) in [4.78, 5) is 14.3. The van der Waals surface area contributed by atoms with Gasteiger partial charge in [-0.2, -0.15) is 0 Å². The molecule has 20 heavy (non-hydrogen) atoms. The lowest BCUT2D eigenvalue weighted by Gasteiger charge is -2.46. The first-order valence-electron chi connectivity index (χ1n) is 8.36. The number of carboxylic acid groups (broad SMARTS) is 1. The van der Waals surface area contributed by atoms with Gasteiger partial charge < -0.3 is 5.11 Å². The molecule has 1 heterocycles. The number of carboxylic acids is 1. The van der Waals surface area contributed by atoms with E-state index in [2.05, 4.69) is 25.7 Å². The summed E-state index contributed by atoms with van der Waals surface area (Å²) >= 11 is 0. The van der Waals surface area contributed by atoms with Gasteiger partial charge in [-0.1, -0.05) is 27.2 Å². The number of likely N-dealkylation sites (tertiary alicyclic amines) is 1. The van der Waals surface area contributed by atoms with E-state index in [9.17, 15) is 9.90 Å². The number of piperidine rings is 1. The van der Waals surface area contributed by atoms with Crippen LogP contribution in [0.4, 0.5) is 0 Å². The van der Waals surface area contributed by atoms with Crippen molar-refractivity contribution in [1.29, 1.82) is 0 Å². The van der Waals surface area contributed by atoms with Gasteiger partial charge in [0.05, 0.1) is 5.41 Å². The van der Waals surface area contributed by atoms with E-state index in [4.69, 9.17) is 0 Å². The van der Waals surface area contributed by atoms with Crippen molar-refractivity contribution < 1.29 is 9.90 Å². The van der Waals surface area contributed by atoms with Gasteiger partial charge >= 0.3 is 5.97 Å². The van der Waals surface area contributed by atoms with E-state index in [0.29, 0.717) is 11.5 Å². The molecule has 1 aliphatic heterocycles. The molecule has 0 radical (unpaired) electrons. The molecule has 1 saturated carbocycles. The summed E-state index contributed by atoms with van der Waals surface area (Å²) in [6, 6.07) is 0.624. The highest BCUT2D eigenvalue weighted by Gasteiger charge is 2.43. The maximum absolute atomic E-state index is 11.8. The van der Waals surface area contributed by atoms with Gasteiger partial charge in [-0.15, -0.1) is 0 Å². The van der Waals surface area contributed by atoms with E-state index < -0.39 is 11.4 Å².